The smallest absolute Gasteiger partial charge is 0.103 e. The van der Waals surface area contributed by atoms with E-state index in [2.05, 4.69) is 13.8 Å². The fraction of sp³-hybridized carbons (Fsp3) is 0.889. The summed E-state index contributed by atoms with van der Waals surface area (Å²) in [5.41, 5.74) is 4.85. The predicted molar refractivity (Wildman–Crippen MR) is 48.5 cm³/mol. The summed E-state index contributed by atoms with van der Waals surface area (Å²) in [5, 5.41) is 8.57. The van der Waals surface area contributed by atoms with Gasteiger partial charge in [-0.15, -0.1) is 0 Å². The van der Waals surface area contributed by atoms with Crippen LogP contribution >= 0.6 is 0 Å². The van der Waals surface area contributed by atoms with Crippen LogP contribution in [0.1, 0.15) is 27.2 Å². The number of hydrogen-bond donors (Lipinski definition) is 1. The lowest BCUT2D eigenvalue weighted by Crippen LogP contribution is -2.35. The Labute approximate surface area is 74.5 Å². The van der Waals surface area contributed by atoms with Gasteiger partial charge in [0.25, 0.3) is 0 Å². The summed E-state index contributed by atoms with van der Waals surface area (Å²) in [5.74, 6) is 0.538. The first kappa shape index (κ1) is 11.4. The summed E-state index contributed by atoms with van der Waals surface area (Å²) in [6, 6.07) is 2.03. The van der Waals surface area contributed by atoms with Crippen molar-refractivity contribution in [3.05, 3.63) is 0 Å². The summed E-state index contributed by atoms with van der Waals surface area (Å²) in [7, 11) is 0. The number of ether oxygens (including phenoxy) is 1. The second kappa shape index (κ2) is 5.13. The Bertz CT molecular complexity index is 158. The highest BCUT2D eigenvalue weighted by molar-refractivity contribution is 5.00. The van der Waals surface area contributed by atoms with Crippen molar-refractivity contribution < 1.29 is 4.74 Å². The molecule has 2 N–H and O–H groups in total. The van der Waals surface area contributed by atoms with E-state index in [1.165, 1.54) is 0 Å². The van der Waals surface area contributed by atoms with Gasteiger partial charge in [-0.1, -0.05) is 13.8 Å². The average molecular weight is 170 g/mol. The van der Waals surface area contributed by atoms with Crippen molar-refractivity contribution >= 4 is 0 Å². The molecule has 0 spiro atoms. The summed E-state index contributed by atoms with van der Waals surface area (Å²) in [4.78, 5) is 0. The van der Waals surface area contributed by atoms with Crippen LogP contribution in [0, 0.1) is 17.2 Å². The maximum Gasteiger partial charge on any atom is 0.103 e. The zero-order valence-corrected chi connectivity index (χ0v) is 8.13. The molecule has 0 fully saturated rings. The molecule has 1 atom stereocenters. The molecule has 3 nitrogen and oxygen atoms in total. The molecule has 0 bridgehead atoms. The molecule has 0 aliphatic rings. The van der Waals surface area contributed by atoms with Gasteiger partial charge in [0.2, 0.25) is 0 Å². The number of hydrogen-bond acceptors (Lipinski definition) is 3. The van der Waals surface area contributed by atoms with E-state index in [0.717, 1.165) is 6.61 Å². The lowest BCUT2D eigenvalue weighted by atomic mass is 10.0. The van der Waals surface area contributed by atoms with Gasteiger partial charge in [0, 0.05) is 19.6 Å². The van der Waals surface area contributed by atoms with Crippen molar-refractivity contribution in [1.82, 2.24) is 0 Å². The van der Waals surface area contributed by atoms with E-state index in [0.29, 0.717) is 18.9 Å². The van der Waals surface area contributed by atoms with E-state index in [1.54, 1.807) is 6.92 Å². The summed E-state index contributed by atoms with van der Waals surface area (Å²) >= 11 is 0. The zero-order valence-electron chi connectivity index (χ0n) is 8.13. The van der Waals surface area contributed by atoms with E-state index in [-0.39, 0.29) is 0 Å². The second-order valence-electron chi connectivity index (χ2n) is 3.75. The monoisotopic (exact) mass is 170 g/mol. The van der Waals surface area contributed by atoms with Crippen molar-refractivity contribution in [3.8, 4) is 6.07 Å². The van der Waals surface area contributed by atoms with Crippen LogP contribution in [0.2, 0.25) is 0 Å². The standard InChI is InChI=1S/C9H18N2O/c1-8(2)6-12-5-4-9(3,11)7-10/h8H,4-6,11H2,1-3H3. The zero-order chi connectivity index (χ0) is 9.61. The molecular weight excluding hydrogens is 152 g/mol. The Morgan fingerprint density at radius 1 is 1.58 bits per heavy atom. The lowest BCUT2D eigenvalue weighted by Gasteiger charge is -2.15. The fourth-order valence-corrected chi connectivity index (χ4v) is 0.659. The molecule has 3 heteroatoms. The third kappa shape index (κ3) is 6.14. The van der Waals surface area contributed by atoms with Crippen LogP contribution in [0.5, 0.6) is 0 Å². The minimum Gasteiger partial charge on any atom is -0.381 e. The van der Waals surface area contributed by atoms with Crippen LogP contribution < -0.4 is 5.73 Å². The van der Waals surface area contributed by atoms with Gasteiger partial charge < -0.3 is 10.5 Å². The first-order valence-corrected chi connectivity index (χ1v) is 4.26. The molecule has 0 aliphatic carbocycles. The second-order valence-corrected chi connectivity index (χ2v) is 3.75. The van der Waals surface area contributed by atoms with E-state index >= 15 is 0 Å². The molecule has 0 amide bonds. The van der Waals surface area contributed by atoms with E-state index in [4.69, 9.17) is 15.7 Å². The van der Waals surface area contributed by atoms with Gasteiger partial charge in [0.1, 0.15) is 5.54 Å². The predicted octanol–water partition coefficient (Wildman–Crippen LogP) is 1.29. The molecule has 12 heavy (non-hydrogen) atoms. The van der Waals surface area contributed by atoms with Gasteiger partial charge in [-0.2, -0.15) is 5.26 Å². The first-order chi connectivity index (χ1) is 5.48. The van der Waals surface area contributed by atoms with Crippen LogP contribution in [0.3, 0.4) is 0 Å². The Kier molecular flexibility index (Phi) is 4.87. The third-order valence-corrected chi connectivity index (χ3v) is 1.47. The van der Waals surface area contributed by atoms with Crippen LogP contribution in [-0.2, 0) is 4.74 Å². The van der Waals surface area contributed by atoms with Crippen LogP contribution in [0.15, 0.2) is 0 Å². The molecule has 70 valence electrons. The van der Waals surface area contributed by atoms with Crippen molar-refractivity contribution in [1.29, 1.82) is 5.26 Å². The van der Waals surface area contributed by atoms with Crippen LogP contribution in [-0.4, -0.2) is 18.8 Å². The summed E-state index contributed by atoms with van der Waals surface area (Å²) < 4.78 is 5.30. The molecule has 0 rings (SSSR count). The number of rotatable bonds is 5. The minimum atomic E-state index is -0.739. The maximum absolute atomic E-state index is 8.57. The third-order valence-electron chi connectivity index (χ3n) is 1.47. The molecule has 0 heterocycles. The average Bonchev–Trinajstić information content (AvgIpc) is 1.98. The van der Waals surface area contributed by atoms with Gasteiger partial charge in [-0.25, -0.2) is 0 Å². The SMILES string of the molecule is CC(C)COCCC(C)(N)C#N. The highest BCUT2D eigenvalue weighted by Crippen LogP contribution is 2.04. The molecule has 0 radical (unpaired) electrons. The van der Waals surface area contributed by atoms with Gasteiger partial charge in [0.05, 0.1) is 6.07 Å². The van der Waals surface area contributed by atoms with Crippen LogP contribution in [0.25, 0.3) is 0 Å². The first-order valence-electron chi connectivity index (χ1n) is 4.26. The van der Waals surface area contributed by atoms with Crippen molar-refractivity contribution in [3.63, 3.8) is 0 Å². The maximum atomic E-state index is 8.57. The van der Waals surface area contributed by atoms with Crippen molar-refractivity contribution in [2.45, 2.75) is 32.7 Å². The number of nitrogens with zero attached hydrogens (tertiary/aromatic N) is 1. The largest absolute Gasteiger partial charge is 0.381 e. The van der Waals surface area contributed by atoms with Crippen molar-refractivity contribution in [2.24, 2.45) is 11.7 Å². The van der Waals surface area contributed by atoms with Gasteiger partial charge in [-0.05, 0) is 12.8 Å². The van der Waals surface area contributed by atoms with Gasteiger partial charge >= 0.3 is 0 Å². The molecule has 0 aromatic carbocycles. The molecular formula is C9H18N2O. The lowest BCUT2D eigenvalue weighted by molar-refractivity contribution is 0.100. The Balaban J connectivity index is 3.39. The highest BCUT2D eigenvalue weighted by atomic mass is 16.5. The Morgan fingerprint density at radius 3 is 2.58 bits per heavy atom. The molecule has 0 saturated heterocycles. The van der Waals surface area contributed by atoms with E-state index in [9.17, 15) is 0 Å². The molecule has 1 unspecified atom stereocenters. The van der Waals surface area contributed by atoms with Gasteiger partial charge in [0.15, 0.2) is 0 Å². The minimum absolute atomic E-state index is 0.538. The van der Waals surface area contributed by atoms with E-state index in [1.807, 2.05) is 6.07 Å². The summed E-state index contributed by atoms with van der Waals surface area (Å²) in [6.45, 7) is 7.20. The molecule has 0 aromatic rings. The molecule has 0 saturated carbocycles. The normalized spacial score (nSPS) is 15.7. The molecule has 0 aromatic heterocycles. The molecule has 0 aliphatic heterocycles. The Morgan fingerprint density at radius 2 is 2.17 bits per heavy atom. The van der Waals surface area contributed by atoms with Gasteiger partial charge in [-0.3, -0.25) is 0 Å². The quantitative estimate of drug-likeness (QED) is 0.632. The van der Waals surface area contributed by atoms with Crippen LogP contribution in [0.4, 0.5) is 0 Å². The number of nitrogens with two attached hydrogens (primary N) is 1. The Hall–Kier alpha value is -0.590. The summed E-state index contributed by atoms with van der Waals surface area (Å²) in [6.07, 6.45) is 0.593. The fourth-order valence-electron chi connectivity index (χ4n) is 0.659. The highest BCUT2D eigenvalue weighted by Gasteiger charge is 2.16. The topological polar surface area (TPSA) is 59.0 Å². The van der Waals surface area contributed by atoms with Crippen molar-refractivity contribution in [2.75, 3.05) is 13.2 Å². The van der Waals surface area contributed by atoms with E-state index < -0.39 is 5.54 Å². The number of nitriles is 1.